The van der Waals surface area contributed by atoms with E-state index in [4.69, 9.17) is 10.2 Å². The molecule has 4 amide bonds. The van der Waals surface area contributed by atoms with E-state index in [1.165, 1.54) is 20.5 Å². The molecule has 0 aliphatic carbocycles. The summed E-state index contributed by atoms with van der Waals surface area (Å²) in [6, 6.07) is 17.4. The van der Waals surface area contributed by atoms with Gasteiger partial charge in [0.05, 0.1) is 0 Å². The first-order valence-corrected chi connectivity index (χ1v) is 10.3. The zero-order valence-corrected chi connectivity index (χ0v) is 19.4. The van der Waals surface area contributed by atoms with E-state index in [0.29, 0.717) is 11.5 Å². The van der Waals surface area contributed by atoms with Gasteiger partial charge in [0.1, 0.15) is 11.5 Å². The number of carbonyl (C=O) groups is 4. The number of hydrogen-bond donors (Lipinski definition) is 2. The minimum absolute atomic E-state index is 0.322. The van der Waals surface area contributed by atoms with Crippen molar-refractivity contribution in [2.24, 2.45) is 5.41 Å². The van der Waals surface area contributed by atoms with Crippen LogP contribution in [0.2, 0.25) is 0 Å². The number of likely N-dealkylation sites (tertiary alicyclic amines) is 2. The lowest BCUT2D eigenvalue weighted by Crippen LogP contribution is -2.82. The monoisotopic (exact) mass is 444 g/mol. The van der Waals surface area contributed by atoms with E-state index >= 15 is 0 Å². The maximum absolute atomic E-state index is 11.2. The summed E-state index contributed by atoms with van der Waals surface area (Å²) in [7, 11) is 2.49. The fourth-order valence-corrected chi connectivity index (χ4v) is 2.49. The number of hydrogen-bond acceptors (Lipinski definition) is 6. The van der Waals surface area contributed by atoms with Crippen LogP contribution in [0.1, 0.15) is 34.1 Å². The number of nitrogens with zero attached hydrogens (tertiary/aromatic N) is 2. The van der Waals surface area contributed by atoms with Gasteiger partial charge in [-0.25, -0.2) is 0 Å². The van der Waals surface area contributed by atoms with E-state index in [1.54, 1.807) is 48.5 Å². The summed E-state index contributed by atoms with van der Waals surface area (Å²) >= 11 is 0. The van der Waals surface area contributed by atoms with Crippen molar-refractivity contribution in [3.63, 3.8) is 0 Å². The number of imide groups is 2. The number of benzene rings is 2. The predicted octanol–water partition coefficient (Wildman–Crippen LogP) is 3.20. The van der Waals surface area contributed by atoms with Gasteiger partial charge in [0.2, 0.25) is 0 Å². The van der Waals surface area contributed by atoms with Crippen LogP contribution in [0, 0.1) is 5.41 Å². The molecule has 0 radical (unpaired) electrons. The maximum Gasteiger partial charge on any atom is 0.284 e. The first kappa shape index (κ1) is 28.3. The van der Waals surface area contributed by atoms with Crippen LogP contribution in [0.3, 0.4) is 0 Å². The summed E-state index contributed by atoms with van der Waals surface area (Å²) in [5.41, 5.74) is -1.98. The second-order valence-corrected chi connectivity index (χ2v) is 6.47. The molecule has 0 unspecified atom stereocenters. The van der Waals surface area contributed by atoms with Gasteiger partial charge in [-0.3, -0.25) is 29.0 Å². The zero-order chi connectivity index (χ0) is 24.9. The van der Waals surface area contributed by atoms with Crippen LogP contribution in [-0.2, 0) is 19.2 Å². The highest BCUT2D eigenvalue weighted by molar-refractivity contribution is 6.52. The summed E-state index contributed by atoms with van der Waals surface area (Å²) < 4.78 is 0. The van der Waals surface area contributed by atoms with Crippen molar-refractivity contribution in [1.82, 2.24) is 9.80 Å². The van der Waals surface area contributed by atoms with Crippen molar-refractivity contribution in [2.45, 2.75) is 34.1 Å². The van der Waals surface area contributed by atoms with Gasteiger partial charge in [0.15, 0.2) is 0 Å². The summed E-state index contributed by atoms with van der Waals surface area (Å²) in [4.78, 5) is 46.3. The maximum atomic E-state index is 11.2. The number of para-hydroxylation sites is 2. The van der Waals surface area contributed by atoms with E-state index in [1.807, 2.05) is 26.0 Å². The smallest absolute Gasteiger partial charge is 0.284 e. The van der Waals surface area contributed by atoms with Crippen molar-refractivity contribution in [3.05, 3.63) is 60.7 Å². The Hall–Kier alpha value is -3.68. The molecule has 32 heavy (non-hydrogen) atoms. The molecule has 2 aliphatic rings. The lowest BCUT2D eigenvalue weighted by atomic mass is 9.69. The molecule has 2 aliphatic heterocycles. The molecule has 174 valence electrons. The van der Waals surface area contributed by atoms with Crippen LogP contribution in [0.15, 0.2) is 60.7 Å². The number of aromatic hydroxyl groups is 2. The Labute approximate surface area is 189 Å². The largest absolute Gasteiger partial charge is 0.508 e. The minimum atomic E-state index is -1.98. The van der Waals surface area contributed by atoms with Crippen LogP contribution < -0.4 is 0 Å². The molecule has 2 fully saturated rings. The Morgan fingerprint density at radius 1 is 0.625 bits per heavy atom. The summed E-state index contributed by atoms with van der Waals surface area (Å²) in [6.45, 7) is 8.25. The highest BCUT2D eigenvalue weighted by Gasteiger charge is 2.78. The van der Waals surface area contributed by atoms with Gasteiger partial charge in [-0.2, -0.15) is 0 Å². The average Bonchev–Trinajstić information content (AvgIpc) is 2.82. The molecule has 0 aromatic heterocycles. The first-order valence-electron chi connectivity index (χ1n) is 10.3. The lowest BCUT2D eigenvalue weighted by Gasteiger charge is -2.50. The van der Waals surface area contributed by atoms with Crippen LogP contribution in [-0.4, -0.2) is 57.7 Å². The SMILES string of the molecule is CC.CCC.CN1C(=O)C2(C1=O)C(=O)N(C)C2=O.Oc1ccccc1.Oc1ccccc1. The molecule has 4 rings (SSSR count). The Morgan fingerprint density at radius 3 is 1.00 bits per heavy atom. The normalized spacial score (nSPS) is 14.7. The number of rotatable bonds is 0. The van der Waals surface area contributed by atoms with E-state index in [9.17, 15) is 19.2 Å². The van der Waals surface area contributed by atoms with Crippen LogP contribution in [0.25, 0.3) is 0 Å². The molecule has 8 nitrogen and oxygen atoms in total. The lowest BCUT2D eigenvalue weighted by molar-refractivity contribution is -0.196. The van der Waals surface area contributed by atoms with Gasteiger partial charge in [0, 0.05) is 14.1 Å². The number of phenols is 2. The summed E-state index contributed by atoms with van der Waals surface area (Å²) in [5, 5.41) is 17.3. The van der Waals surface area contributed by atoms with Crippen molar-refractivity contribution in [2.75, 3.05) is 14.1 Å². The van der Waals surface area contributed by atoms with E-state index < -0.39 is 29.0 Å². The molecule has 2 heterocycles. The molecule has 0 bridgehead atoms. The molecule has 0 saturated carbocycles. The van der Waals surface area contributed by atoms with Gasteiger partial charge in [0.25, 0.3) is 29.0 Å². The van der Waals surface area contributed by atoms with Crippen molar-refractivity contribution < 1.29 is 29.4 Å². The zero-order valence-electron chi connectivity index (χ0n) is 19.4. The second kappa shape index (κ2) is 13.6. The third-order valence-corrected chi connectivity index (χ3v) is 4.01. The predicted molar refractivity (Wildman–Crippen MR) is 122 cm³/mol. The molecule has 0 atom stereocenters. The van der Waals surface area contributed by atoms with E-state index in [-0.39, 0.29) is 0 Å². The molecular weight excluding hydrogens is 412 g/mol. The first-order chi connectivity index (χ1) is 15.2. The Morgan fingerprint density at radius 2 is 0.844 bits per heavy atom. The molecule has 1 spiro atoms. The highest BCUT2D eigenvalue weighted by atomic mass is 16.3. The van der Waals surface area contributed by atoms with Crippen molar-refractivity contribution in [1.29, 1.82) is 0 Å². The van der Waals surface area contributed by atoms with Crippen LogP contribution in [0.5, 0.6) is 11.5 Å². The Balaban J connectivity index is 0.000000434. The van der Waals surface area contributed by atoms with Crippen LogP contribution in [0.4, 0.5) is 0 Å². The van der Waals surface area contributed by atoms with Crippen molar-refractivity contribution in [3.8, 4) is 11.5 Å². The topological polar surface area (TPSA) is 115 Å². The molecule has 8 heteroatoms. The number of carbonyl (C=O) groups excluding carboxylic acids is 4. The Bertz CT molecular complexity index is 775. The van der Waals surface area contributed by atoms with Gasteiger partial charge >= 0.3 is 0 Å². The summed E-state index contributed by atoms with van der Waals surface area (Å²) in [5.74, 6) is -2.22. The molecule has 2 aromatic carbocycles. The van der Waals surface area contributed by atoms with Gasteiger partial charge < -0.3 is 10.2 Å². The van der Waals surface area contributed by atoms with Crippen LogP contribution >= 0.6 is 0 Å². The number of amides is 4. The second-order valence-electron chi connectivity index (χ2n) is 6.47. The average molecular weight is 445 g/mol. The third kappa shape index (κ3) is 6.16. The fraction of sp³-hybridized carbons (Fsp3) is 0.333. The minimum Gasteiger partial charge on any atom is -0.508 e. The van der Waals surface area contributed by atoms with Crippen molar-refractivity contribution >= 4 is 23.6 Å². The molecule has 2 N–H and O–H groups in total. The number of β-lactam (4-membered cyclic amide) rings is 4. The van der Waals surface area contributed by atoms with Gasteiger partial charge in [-0.05, 0) is 24.3 Å². The number of phenolic OH excluding ortho intramolecular Hbond substituents is 2. The van der Waals surface area contributed by atoms with Gasteiger partial charge in [-0.15, -0.1) is 0 Å². The molecular formula is C24H32N2O6. The molecule has 2 saturated heterocycles. The standard InChI is InChI=1S/C7H6N2O4.2C6H6O.C3H8.C2H6/c1-8-3(10)7(4(8)11)5(12)9(2)6(7)13;2*7-6-4-2-1-3-5-6;1-3-2;1-2/h1-2H3;2*1-5,7H;3H2,1-2H3;1-2H3. The van der Waals surface area contributed by atoms with E-state index in [0.717, 1.165) is 9.80 Å². The quantitative estimate of drug-likeness (QED) is 0.476. The van der Waals surface area contributed by atoms with Gasteiger partial charge in [-0.1, -0.05) is 70.5 Å². The highest BCUT2D eigenvalue weighted by Crippen LogP contribution is 2.42. The molecule has 2 aromatic rings. The fourth-order valence-electron chi connectivity index (χ4n) is 2.49. The van der Waals surface area contributed by atoms with E-state index in [2.05, 4.69) is 13.8 Å². The Kier molecular flexibility index (Phi) is 12.0. The summed E-state index contributed by atoms with van der Waals surface area (Å²) in [6.07, 6.45) is 1.25. The third-order valence-electron chi connectivity index (χ3n) is 4.01.